The van der Waals surface area contributed by atoms with Crippen LogP contribution in [0, 0.1) is 0 Å². The molecule has 9 heteroatoms. The first-order valence-corrected chi connectivity index (χ1v) is 14.7. The number of fused-ring (bicyclic) bond motifs is 1. The van der Waals surface area contributed by atoms with Gasteiger partial charge in [0.05, 0.1) is 27.4 Å². The summed E-state index contributed by atoms with van der Waals surface area (Å²) in [5, 5.41) is 0.443. The molecule has 8 nitrogen and oxygen atoms in total. The molecule has 0 saturated carbocycles. The highest BCUT2D eigenvalue weighted by Crippen LogP contribution is 2.33. The summed E-state index contributed by atoms with van der Waals surface area (Å²) in [5.41, 5.74) is 1.94. The SMILES string of the molecule is C[C@@H](OC(=O)c1ccc2c(c1)C(=O)N(c1ccc(Oc3ccccc3Cl)cc1)C2=O)C(=O)c1ccc(OCc2ccccc2)cc1. The van der Waals surface area contributed by atoms with Crippen molar-refractivity contribution in [1.82, 2.24) is 0 Å². The molecule has 1 aliphatic rings. The Labute approximate surface area is 269 Å². The van der Waals surface area contributed by atoms with Crippen molar-refractivity contribution in [2.24, 2.45) is 0 Å². The number of benzene rings is 5. The molecule has 1 aliphatic heterocycles. The average Bonchev–Trinajstić information content (AvgIpc) is 3.33. The zero-order valence-corrected chi connectivity index (χ0v) is 25.3. The van der Waals surface area contributed by atoms with Crippen molar-refractivity contribution in [1.29, 1.82) is 0 Å². The standard InChI is InChI=1S/C37H26ClNO7/c1-23(34(40)25-11-16-28(17-12-25)44-22-24-7-3-2-4-8-24)45-37(43)26-13-20-30-31(21-26)36(42)39(35(30)41)27-14-18-29(19-15-27)46-33-10-6-5-9-32(33)38/h2-21,23H,22H2,1H3/t23-/m1/s1. The zero-order valence-electron chi connectivity index (χ0n) is 24.5. The molecule has 2 amide bonds. The molecule has 0 saturated heterocycles. The van der Waals surface area contributed by atoms with Crippen molar-refractivity contribution in [2.75, 3.05) is 4.90 Å². The van der Waals surface area contributed by atoms with Gasteiger partial charge in [-0.05, 0) is 91.3 Å². The minimum Gasteiger partial charge on any atom is -0.489 e. The zero-order chi connectivity index (χ0) is 32.2. The molecule has 0 unspecified atom stereocenters. The fourth-order valence-corrected chi connectivity index (χ4v) is 5.07. The maximum Gasteiger partial charge on any atom is 0.338 e. The van der Waals surface area contributed by atoms with Crippen molar-refractivity contribution < 1.29 is 33.4 Å². The van der Waals surface area contributed by atoms with Crippen LogP contribution in [0.25, 0.3) is 0 Å². The highest BCUT2D eigenvalue weighted by atomic mass is 35.5. The summed E-state index contributed by atoms with van der Waals surface area (Å²) in [5.74, 6) is -0.787. The fourth-order valence-electron chi connectivity index (χ4n) is 4.89. The van der Waals surface area contributed by atoms with E-state index in [1.807, 2.05) is 30.3 Å². The molecule has 0 radical (unpaired) electrons. The summed E-state index contributed by atoms with van der Waals surface area (Å²) in [6.45, 7) is 1.86. The molecular weight excluding hydrogens is 606 g/mol. The number of anilines is 1. The Balaban J connectivity index is 1.09. The molecule has 1 atom stereocenters. The van der Waals surface area contributed by atoms with E-state index in [0.717, 1.165) is 10.5 Å². The van der Waals surface area contributed by atoms with E-state index >= 15 is 0 Å². The third-order valence-electron chi connectivity index (χ3n) is 7.32. The summed E-state index contributed by atoms with van der Waals surface area (Å²) in [6, 6.07) is 33.8. The van der Waals surface area contributed by atoms with Crippen LogP contribution in [0.4, 0.5) is 5.69 Å². The third-order valence-corrected chi connectivity index (χ3v) is 7.63. The van der Waals surface area contributed by atoms with E-state index in [2.05, 4.69) is 0 Å². The van der Waals surface area contributed by atoms with Gasteiger partial charge in [-0.3, -0.25) is 14.4 Å². The largest absolute Gasteiger partial charge is 0.489 e. The Hall–Kier alpha value is -5.73. The first-order valence-electron chi connectivity index (χ1n) is 14.4. The van der Waals surface area contributed by atoms with Gasteiger partial charge >= 0.3 is 5.97 Å². The number of Topliss-reactive ketones (excluding diaryl/α,β-unsaturated/α-hetero) is 1. The van der Waals surface area contributed by atoms with Gasteiger partial charge in [-0.2, -0.15) is 0 Å². The lowest BCUT2D eigenvalue weighted by atomic mass is 10.1. The van der Waals surface area contributed by atoms with Gasteiger partial charge in [0, 0.05) is 5.56 Å². The average molecular weight is 632 g/mol. The highest BCUT2D eigenvalue weighted by molar-refractivity contribution is 6.34. The van der Waals surface area contributed by atoms with Crippen molar-refractivity contribution >= 4 is 40.9 Å². The minimum absolute atomic E-state index is 0.0366. The Morgan fingerprint density at radius 2 is 1.35 bits per heavy atom. The van der Waals surface area contributed by atoms with Crippen LogP contribution in [0.2, 0.25) is 5.02 Å². The summed E-state index contributed by atoms with van der Waals surface area (Å²) >= 11 is 6.16. The van der Waals surface area contributed by atoms with Gasteiger partial charge < -0.3 is 14.2 Å². The molecule has 1 heterocycles. The van der Waals surface area contributed by atoms with E-state index in [4.69, 9.17) is 25.8 Å². The van der Waals surface area contributed by atoms with E-state index < -0.39 is 29.7 Å². The minimum atomic E-state index is -1.10. The van der Waals surface area contributed by atoms with E-state index in [0.29, 0.717) is 40.1 Å². The molecule has 0 spiro atoms. The number of carbonyl (C=O) groups is 4. The number of rotatable bonds is 10. The maximum absolute atomic E-state index is 13.3. The molecule has 228 valence electrons. The number of amides is 2. The van der Waals surface area contributed by atoms with E-state index in [9.17, 15) is 19.2 Å². The van der Waals surface area contributed by atoms with E-state index in [1.54, 1.807) is 72.8 Å². The normalized spacial score (nSPS) is 12.8. The van der Waals surface area contributed by atoms with E-state index in [1.165, 1.54) is 25.1 Å². The van der Waals surface area contributed by atoms with Gasteiger partial charge in [0.25, 0.3) is 11.8 Å². The molecule has 0 aromatic heterocycles. The molecule has 6 rings (SSSR count). The Kier molecular flexibility index (Phi) is 8.63. The lowest BCUT2D eigenvalue weighted by molar-refractivity contribution is 0.0318. The van der Waals surface area contributed by atoms with Crippen LogP contribution in [0.3, 0.4) is 0 Å². The van der Waals surface area contributed by atoms with Crippen LogP contribution in [-0.2, 0) is 11.3 Å². The van der Waals surface area contributed by atoms with Crippen molar-refractivity contribution in [2.45, 2.75) is 19.6 Å². The Morgan fingerprint density at radius 3 is 2.07 bits per heavy atom. The number of esters is 1. The quantitative estimate of drug-likeness (QED) is 0.0876. The smallest absolute Gasteiger partial charge is 0.338 e. The number of ether oxygens (including phenoxy) is 3. The predicted octanol–water partition coefficient (Wildman–Crippen LogP) is 7.94. The number of carbonyl (C=O) groups excluding carboxylic acids is 4. The molecule has 0 fully saturated rings. The van der Waals surface area contributed by atoms with Gasteiger partial charge in [-0.1, -0.05) is 54.1 Å². The van der Waals surface area contributed by atoms with E-state index in [-0.39, 0.29) is 16.7 Å². The second-order valence-electron chi connectivity index (χ2n) is 10.4. The highest BCUT2D eigenvalue weighted by Gasteiger charge is 2.37. The Morgan fingerprint density at radius 1 is 0.717 bits per heavy atom. The lowest BCUT2D eigenvalue weighted by Crippen LogP contribution is -2.29. The van der Waals surface area contributed by atoms with Crippen LogP contribution < -0.4 is 14.4 Å². The lowest BCUT2D eigenvalue weighted by Gasteiger charge is -2.15. The van der Waals surface area contributed by atoms with Crippen LogP contribution in [0.15, 0.2) is 121 Å². The number of nitrogens with zero attached hydrogens (tertiary/aromatic N) is 1. The number of ketones is 1. The first kappa shape index (κ1) is 30.3. The molecule has 0 N–H and O–H groups in total. The summed E-state index contributed by atoms with van der Waals surface area (Å²) < 4.78 is 17.0. The van der Waals surface area contributed by atoms with Crippen molar-refractivity contribution in [3.8, 4) is 17.2 Å². The summed E-state index contributed by atoms with van der Waals surface area (Å²) in [7, 11) is 0. The van der Waals surface area contributed by atoms with Gasteiger partial charge in [0.15, 0.2) is 6.10 Å². The van der Waals surface area contributed by atoms with Crippen LogP contribution in [0.1, 0.15) is 53.9 Å². The number of imide groups is 1. The first-order chi connectivity index (χ1) is 22.3. The summed E-state index contributed by atoms with van der Waals surface area (Å²) in [4.78, 5) is 53.5. The monoisotopic (exact) mass is 631 g/mol. The number of halogens is 1. The van der Waals surface area contributed by atoms with Gasteiger partial charge in [0.2, 0.25) is 5.78 Å². The topological polar surface area (TPSA) is 99.2 Å². The number of para-hydroxylation sites is 1. The number of hydrogen-bond donors (Lipinski definition) is 0. The van der Waals surface area contributed by atoms with Crippen LogP contribution >= 0.6 is 11.6 Å². The molecule has 0 bridgehead atoms. The van der Waals surface area contributed by atoms with Crippen molar-refractivity contribution in [3.05, 3.63) is 154 Å². The molecule has 5 aromatic carbocycles. The predicted molar refractivity (Wildman–Crippen MR) is 172 cm³/mol. The van der Waals surface area contributed by atoms with Gasteiger partial charge in [0.1, 0.15) is 23.9 Å². The van der Waals surface area contributed by atoms with Crippen LogP contribution in [-0.4, -0.2) is 29.7 Å². The fraction of sp³-hybridized carbons (Fsp3) is 0.0811. The Bertz CT molecular complexity index is 1940. The van der Waals surface area contributed by atoms with Crippen LogP contribution in [0.5, 0.6) is 17.2 Å². The van der Waals surface area contributed by atoms with Gasteiger partial charge in [-0.25, -0.2) is 9.69 Å². The van der Waals surface area contributed by atoms with Crippen molar-refractivity contribution in [3.63, 3.8) is 0 Å². The molecular formula is C37H26ClNO7. The second-order valence-corrected chi connectivity index (χ2v) is 10.9. The summed E-state index contributed by atoms with van der Waals surface area (Å²) in [6.07, 6.45) is -1.10. The molecule has 46 heavy (non-hydrogen) atoms. The molecule has 0 aliphatic carbocycles. The second kappa shape index (κ2) is 13.1. The number of hydrogen-bond acceptors (Lipinski definition) is 7. The van der Waals surface area contributed by atoms with Gasteiger partial charge in [-0.15, -0.1) is 0 Å². The maximum atomic E-state index is 13.3. The molecule has 5 aromatic rings. The third kappa shape index (κ3) is 6.38.